The number of nitrogens with zero attached hydrogens (tertiary/aromatic N) is 1. The third-order valence-corrected chi connectivity index (χ3v) is 11.6. The van der Waals surface area contributed by atoms with Crippen molar-refractivity contribution in [2.75, 3.05) is 0 Å². The average Bonchev–Trinajstić information content (AvgIpc) is 3.42. The topological polar surface area (TPSA) is 73.6 Å². The fourth-order valence-electron chi connectivity index (χ4n) is 7.88. The van der Waals surface area contributed by atoms with E-state index in [1.165, 1.54) is 36.1 Å². The Morgan fingerprint density at radius 2 is 1.97 bits per heavy atom. The number of hydrogen-bond acceptors (Lipinski definition) is 5. The van der Waals surface area contributed by atoms with Crippen LogP contribution in [-0.2, 0) is 11.8 Å². The molecule has 38 heavy (non-hydrogen) atoms. The molecular formula is C33H47NO3S. The van der Waals surface area contributed by atoms with E-state index in [0.717, 1.165) is 48.3 Å². The number of rotatable bonds is 8. The number of aryl methyl sites for hydroxylation is 1. The highest BCUT2D eigenvalue weighted by Gasteiger charge is 2.53. The monoisotopic (exact) mass is 537 g/mol. The molecule has 1 heterocycles. The Balaban J connectivity index is 1.27. The van der Waals surface area contributed by atoms with E-state index in [2.05, 4.69) is 51.7 Å². The summed E-state index contributed by atoms with van der Waals surface area (Å²) in [5.74, 6) is 1.60. The maximum absolute atomic E-state index is 11.2. The molecule has 0 aromatic carbocycles. The number of allylic oxidation sites excluding steroid dienone is 4. The summed E-state index contributed by atoms with van der Waals surface area (Å²) >= 11 is 1.80. The molecule has 1 aromatic heterocycles. The van der Waals surface area contributed by atoms with Gasteiger partial charge in [0.25, 0.3) is 0 Å². The van der Waals surface area contributed by atoms with Crippen LogP contribution in [0, 0.1) is 23.2 Å². The third-order valence-electron chi connectivity index (χ3n) is 10.4. The lowest BCUT2D eigenvalue weighted by atomic mass is 9.61. The third kappa shape index (κ3) is 5.29. The van der Waals surface area contributed by atoms with Crippen LogP contribution in [0.15, 0.2) is 53.8 Å². The number of hydrogen-bond donors (Lipinski definition) is 3. The van der Waals surface area contributed by atoms with Crippen molar-refractivity contribution in [1.82, 2.24) is 4.98 Å². The van der Waals surface area contributed by atoms with Gasteiger partial charge >= 0.3 is 0 Å². The minimum Gasteiger partial charge on any atom is -0.393 e. The van der Waals surface area contributed by atoms with Gasteiger partial charge in [0.15, 0.2) is 0 Å². The van der Waals surface area contributed by atoms with Gasteiger partial charge in [-0.3, -0.25) is 0 Å². The molecule has 4 aliphatic carbocycles. The first-order valence-electron chi connectivity index (χ1n) is 14.9. The van der Waals surface area contributed by atoms with Crippen molar-refractivity contribution in [3.05, 3.63) is 63.7 Å². The molecule has 4 aliphatic rings. The zero-order chi connectivity index (χ0) is 27.1. The number of aliphatic hydroxyl groups excluding tert-OH is 3. The summed E-state index contributed by atoms with van der Waals surface area (Å²) in [7, 11) is 0. The molecular weight excluding hydrogens is 490 g/mol. The van der Waals surface area contributed by atoms with Gasteiger partial charge in [-0.1, -0.05) is 63.6 Å². The molecule has 5 heteroatoms. The minimum absolute atomic E-state index is 0.159. The standard InChI is InChI=1S/C33H47NO3S/c1-5-7-26-20-34-31(38-26)33(16-17-33)30(37)14-9-21(2)27-12-13-28-23(8-6-15-32(27,28)4)10-11-24-18-25(35)19-29(36)22(24)3/h9-11,14,20-21,25,27-30,35-37H,3,5-8,12-13,15-19H2,1-2,4H3/t21-,25+,27+,28-,29-,30+,32+/m0/s1. The van der Waals surface area contributed by atoms with Crippen LogP contribution in [0.1, 0.15) is 94.9 Å². The minimum atomic E-state index is -0.636. The zero-order valence-corrected chi connectivity index (χ0v) is 24.3. The predicted molar refractivity (Wildman–Crippen MR) is 156 cm³/mol. The van der Waals surface area contributed by atoms with Crippen LogP contribution in [0.4, 0.5) is 0 Å². The smallest absolute Gasteiger partial charge is 0.102 e. The summed E-state index contributed by atoms with van der Waals surface area (Å²) in [4.78, 5) is 6.05. The summed E-state index contributed by atoms with van der Waals surface area (Å²) in [6.45, 7) is 11.1. The van der Waals surface area contributed by atoms with E-state index in [1.54, 1.807) is 11.3 Å². The van der Waals surface area contributed by atoms with Crippen LogP contribution < -0.4 is 0 Å². The SMILES string of the molecule is C=C1C(=CC=C2CCC[C@]3(C)[C@@H]([C@@H](C)C=C[C@@H](O)C4(c5ncc(CCC)s5)CC4)CC[C@@H]23)C[C@@H](O)C[C@@H]1O. The van der Waals surface area contributed by atoms with E-state index >= 15 is 0 Å². The molecule has 1 aromatic rings. The second-order valence-corrected chi connectivity index (χ2v) is 14.0. The largest absolute Gasteiger partial charge is 0.393 e. The molecule has 0 aliphatic heterocycles. The lowest BCUT2D eigenvalue weighted by Crippen LogP contribution is -2.35. The molecule has 0 bridgehead atoms. The highest BCUT2D eigenvalue weighted by Crippen LogP contribution is 2.60. The molecule has 5 rings (SSSR count). The van der Waals surface area contributed by atoms with E-state index in [1.807, 2.05) is 6.20 Å². The van der Waals surface area contributed by atoms with Gasteiger partial charge in [-0.25, -0.2) is 4.98 Å². The van der Waals surface area contributed by atoms with Crippen LogP contribution in [0.25, 0.3) is 0 Å². The molecule has 7 atom stereocenters. The Morgan fingerprint density at radius 3 is 2.71 bits per heavy atom. The summed E-state index contributed by atoms with van der Waals surface area (Å²) < 4.78 is 0. The molecule has 4 saturated carbocycles. The van der Waals surface area contributed by atoms with Crippen LogP contribution in [0.2, 0.25) is 0 Å². The molecule has 0 radical (unpaired) electrons. The van der Waals surface area contributed by atoms with Gasteiger partial charge in [0.2, 0.25) is 0 Å². The van der Waals surface area contributed by atoms with Gasteiger partial charge in [-0.2, -0.15) is 0 Å². The fraction of sp³-hybridized carbons (Fsp3) is 0.667. The number of aromatic nitrogens is 1. The molecule has 0 spiro atoms. The molecule has 0 unspecified atom stereocenters. The summed E-state index contributed by atoms with van der Waals surface area (Å²) in [5, 5.41) is 32.7. The quantitative estimate of drug-likeness (QED) is 0.318. The van der Waals surface area contributed by atoms with Crippen molar-refractivity contribution in [1.29, 1.82) is 0 Å². The van der Waals surface area contributed by atoms with Crippen molar-refractivity contribution in [3.8, 4) is 0 Å². The first kappa shape index (κ1) is 28.0. The summed E-state index contributed by atoms with van der Waals surface area (Å²) in [6.07, 6.45) is 20.5. The Bertz CT molecular complexity index is 1110. The molecule has 3 N–H and O–H groups in total. The fourth-order valence-corrected chi connectivity index (χ4v) is 9.17. The van der Waals surface area contributed by atoms with Crippen LogP contribution in [0.5, 0.6) is 0 Å². The summed E-state index contributed by atoms with van der Waals surface area (Å²) in [6, 6.07) is 0. The highest BCUT2D eigenvalue weighted by atomic mass is 32.1. The van der Waals surface area contributed by atoms with Crippen molar-refractivity contribution in [3.63, 3.8) is 0 Å². The lowest BCUT2D eigenvalue weighted by Gasteiger charge is -2.44. The Hall–Kier alpha value is -1.53. The van der Waals surface area contributed by atoms with Crippen LogP contribution in [0.3, 0.4) is 0 Å². The first-order valence-corrected chi connectivity index (χ1v) is 15.8. The van der Waals surface area contributed by atoms with E-state index in [-0.39, 0.29) is 10.8 Å². The lowest BCUT2D eigenvalue weighted by molar-refractivity contribution is 0.0862. The van der Waals surface area contributed by atoms with E-state index in [9.17, 15) is 15.3 Å². The second-order valence-electron chi connectivity index (χ2n) is 12.9. The van der Waals surface area contributed by atoms with Gasteiger partial charge in [0.05, 0.1) is 23.7 Å². The molecule has 0 amide bonds. The number of aliphatic hydroxyl groups is 3. The van der Waals surface area contributed by atoms with E-state index in [4.69, 9.17) is 4.98 Å². The van der Waals surface area contributed by atoms with E-state index in [0.29, 0.717) is 30.6 Å². The van der Waals surface area contributed by atoms with Gasteiger partial charge in [0.1, 0.15) is 5.01 Å². The van der Waals surface area contributed by atoms with Gasteiger partial charge < -0.3 is 15.3 Å². The number of thiazole rings is 1. The Kier molecular flexibility index (Phi) is 8.22. The average molecular weight is 538 g/mol. The molecule has 4 fully saturated rings. The maximum Gasteiger partial charge on any atom is 0.102 e. The van der Waals surface area contributed by atoms with Crippen LogP contribution >= 0.6 is 11.3 Å². The zero-order valence-electron chi connectivity index (χ0n) is 23.5. The van der Waals surface area contributed by atoms with Crippen molar-refractivity contribution >= 4 is 11.3 Å². The summed E-state index contributed by atoms with van der Waals surface area (Å²) in [5.41, 5.74) is 3.39. The first-order chi connectivity index (χ1) is 18.2. The van der Waals surface area contributed by atoms with E-state index < -0.39 is 18.3 Å². The molecule has 4 nitrogen and oxygen atoms in total. The van der Waals surface area contributed by atoms with Crippen molar-refractivity contribution in [2.24, 2.45) is 23.2 Å². The van der Waals surface area contributed by atoms with Gasteiger partial charge in [0, 0.05) is 17.5 Å². The van der Waals surface area contributed by atoms with Gasteiger partial charge in [-0.15, -0.1) is 11.3 Å². The molecule has 208 valence electrons. The van der Waals surface area contributed by atoms with Crippen molar-refractivity contribution in [2.45, 2.75) is 115 Å². The number of fused-ring (bicyclic) bond motifs is 1. The highest BCUT2D eigenvalue weighted by molar-refractivity contribution is 7.11. The normalized spacial score (nSPS) is 36.6. The van der Waals surface area contributed by atoms with Crippen molar-refractivity contribution < 1.29 is 15.3 Å². The maximum atomic E-state index is 11.2. The second kappa shape index (κ2) is 11.2. The molecule has 0 saturated heterocycles. The van der Waals surface area contributed by atoms with Gasteiger partial charge in [-0.05, 0) is 92.1 Å². The van der Waals surface area contributed by atoms with Crippen LogP contribution in [-0.4, -0.2) is 38.6 Å². The predicted octanol–water partition coefficient (Wildman–Crippen LogP) is 6.82. The Morgan fingerprint density at radius 1 is 1.18 bits per heavy atom. The Labute approximate surface area is 233 Å².